The number of hydrogen-bond donors (Lipinski definition) is 2. The number of halogens is 2. The van der Waals surface area contributed by atoms with Gasteiger partial charge in [-0.3, -0.25) is 4.79 Å². The number of carboxylic acids is 1. The lowest BCUT2D eigenvalue weighted by atomic mass is 9.98. The summed E-state index contributed by atoms with van der Waals surface area (Å²) in [5.74, 6) is -0.593. The quantitative estimate of drug-likeness (QED) is 0.340. The van der Waals surface area contributed by atoms with Crippen molar-refractivity contribution in [1.29, 1.82) is 5.26 Å². The molecule has 7 nitrogen and oxygen atoms in total. The summed E-state index contributed by atoms with van der Waals surface area (Å²) < 4.78 is 19.6. The fourth-order valence-electron chi connectivity index (χ4n) is 3.34. The molecule has 0 amide bonds. The molecule has 0 saturated carbocycles. The minimum Gasteiger partial charge on any atom is -0.481 e. The minimum atomic E-state index is -0.838. The van der Waals surface area contributed by atoms with E-state index in [0.717, 1.165) is 11.1 Å². The zero-order valence-corrected chi connectivity index (χ0v) is 18.7. The van der Waals surface area contributed by atoms with E-state index in [-0.39, 0.29) is 24.7 Å². The van der Waals surface area contributed by atoms with Crippen molar-refractivity contribution < 1.29 is 18.8 Å². The first-order valence-corrected chi connectivity index (χ1v) is 10.2. The number of benzene rings is 3. The van der Waals surface area contributed by atoms with Crippen LogP contribution in [0, 0.1) is 17.1 Å². The number of carboxylic acid groups (broad SMARTS) is 1. The Labute approximate surface area is 201 Å². The molecule has 2 N–H and O–H groups in total. The lowest BCUT2D eigenvalue weighted by Crippen LogP contribution is -2.17. The van der Waals surface area contributed by atoms with Gasteiger partial charge in [0, 0.05) is 35.3 Å². The molecular formula is C25H20ClFN4O3. The van der Waals surface area contributed by atoms with E-state index in [0.29, 0.717) is 41.2 Å². The Balaban J connectivity index is 0.00000324. The third kappa shape index (κ3) is 5.64. The molecule has 3 aromatic carbocycles. The zero-order valence-electron chi connectivity index (χ0n) is 17.9. The highest BCUT2D eigenvalue weighted by Crippen LogP contribution is 2.30. The average Bonchev–Trinajstić information content (AvgIpc) is 3.32. The van der Waals surface area contributed by atoms with Crippen LogP contribution in [0.1, 0.15) is 17.5 Å². The molecule has 0 saturated heterocycles. The van der Waals surface area contributed by atoms with E-state index in [2.05, 4.69) is 21.5 Å². The fourth-order valence-corrected chi connectivity index (χ4v) is 3.34. The summed E-state index contributed by atoms with van der Waals surface area (Å²) in [5, 5.41) is 25.3. The SMILES string of the molecule is Cl.N#Cc1cc(-c2nc(-c3ccc(CNCCC(=O)O)cc3)no2)ccc1-c1ccccc1F. The number of nitrogens with one attached hydrogen (secondary N) is 1. The van der Waals surface area contributed by atoms with Crippen LogP contribution in [-0.4, -0.2) is 27.8 Å². The molecule has 0 aliphatic carbocycles. The van der Waals surface area contributed by atoms with Gasteiger partial charge in [-0.25, -0.2) is 4.39 Å². The Morgan fingerprint density at radius 2 is 1.79 bits per heavy atom. The third-order valence-electron chi connectivity index (χ3n) is 5.03. The molecule has 0 bridgehead atoms. The van der Waals surface area contributed by atoms with E-state index in [4.69, 9.17) is 9.63 Å². The van der Waals surface area contributed by atoms with Crippen molar-refractivity contribution in [3.8, 4) is 40.0 Å². The van der Waals surface area contributed by atoms with Crippen molar-refractivity contribution in [2.24, 2.45) is 0 Å². The minimum absolute atomic E-state index is 0. The second-order valence-electron chi connectivity index (χ2n) is 7.29. The largest absolute Gasteiger partial charge is 0.481 e. The van der Waals surface area contributed by atoms with Crippen molar-refractivity contribution in [2.75, 3.05) is 6.54 Å². The van der Waals surface area contributed by atoms with E-state index >= 15 is 0 Å². The van der Waals surface area contributed by atoms with Gasteiger partial charge in [0.15, 0.2) is 0 Å². The molecule has 4 rings (SSSR count). The Kier molecular flexibility index (Phi) is 8.09. The van der Waals surface area contributed by atoms with Crippen molar-refractivity contribution in [3.05, 3.63) is 83.7 Å². The predicted molar refractivity (Wildman–Crippen MR) is 126 cm³/mol. The molecule has 1 aromatic heterocycles. The van der Waals surface area contributed by atoms with E-state index < -0.39 is 11.8 Å². The van der Waals surface area contributed by atoms with Crippen molar-refractivity contribution >= 4 is 18.4 Å². The molecule has 0 aliphatic heterocycles. The van der Waals surface area contributed by atoms with Crippen LogP contribution in [-0.2, 0) is 11.3 Å². The highest BCUT2D eigenvalue weighted by atomic mass is 35.5. The van der Waals surface area contributed by atoms with E-state index in [1.54, 1.807) is 36.4 Å². The topological polar surface area (TPSA) is 112 Å². The van der Waals surface area contributed by atoms with Gasteiger partial charge in [-0.15, -0.1) is 12.4 Å². The summed E-state index contributed by atoms with van der Waals surface area (Å²) in [4.78, 5) is 15.0. The van der Waals surface area contributed by atoms with Crippen LogP contribution in [0.5, 0.6) is 0 Å². The Morgan fingerprint density at radius 3 is 2.50 bits per heavy atom. The first-order valence-electron chi connectivity index (χ1n) is 10.2. The molecular weight excluding hydrogens is 459 g/mol. The summed E-state index contributed by atoms with van der Waals surface area (Å²) in [7, 11) is 0. The van der Waals surface area contributed by atoms with Gasteiger partial charge in [-0.2, -0.15) is 10.2 Å². The van der Waals surface area contributed by atoms with E-state index in [1.807, 2.05) is 24.3 Å². The summed E-state index contributed by atoms with van der Waals surface area (Å²) in [6.07, 6.45) is 0.0680. The molecule has 4 aromatic rings. The molecule has 1 heterocycles. The van der Waals surface area contributed by atoms with Crippen LogP contribution in [0.25, 0.3) is 34.0 Å². The molecule has 0 spiro atoms. The smallest absolute Gasteiger partial charge is 0.304 e. The van der Waals surface area contributed by atoms with Crippen LogP contribution in [0.4, 0.5) is 4.39 Å². The molecule has 172 valence electrons. The number of nitrogens with zero attached hydrogens (tertiary/aromatic N) is 3. The molecule has 0 fully saturated rings. The number of carbonyl (C=O) groups is 1. The summed E-state index contributed by atoms with van der Waals surface area (Å²) >= 11 is 0. The first-order chi connectivity index (χ1) is 16.0. The Bertz CT molecular complexity index is 1330. The normalized spacial score (nSPS) is 10.4. The van der Waals surface area contributed by atoms with Crippen molar-refractivity contribution in [1.82, 2.24) is 15.5 Å². The first kappa shape index (κ1) is 24.6. The van der Waals surface area contributed by atoms with E-state index in [1.165, 1.54) is 6.07 Å². The van der Waals surface area contributed by atoms with E-state index in [9.17, 15) is 14.4 Å². The van der Waals surface area contributed by atoms with Crippen molar-refractivity contribution in [2.45, 2.75) is 13.0 Å². The van der Waals surface area contributed by atoms with Crippen LogP contribution < -0.4 is 5.32 Å². The van der Waals surface area contributed by atoms with Gasteiger partial charge in [0.05, 0.1) is 18.1 Å². The maximum Gasteiger partial charge on any atom is 0.304 e. The molecule has 9 heteroatoms. The summed E-state index contributed by atoms with van der Waals surface area (Å²) in [6.45, 7) is 0.946. The van der Waals surface area contributed by atoms with Gasteiger partial charge in [0.2, 0.25) is 5.82 Å². The second kappa shape index (κ2) is 11.2. The van der Waals surface area contributed by atoms with Gasteiger partial charge < -0.3 is 14.9 Å². The Hall–Kier alpha value is -4.06. The van der Waals surface area contributed by atoms with Gasteiger partial charge in [0.1, 0.15) is 5.82 Å². The molecule has 0 atom stereocenters. The number of rotatable bonds is 8. The Morgan fingerprint density at radius 1 is 1.06 bits per heavy atom. The van der Waals surface area contributed by atoms with Crippen LogP contribution in [0.15, 0.2) is 71.3 Å². The van der Waals surface area contributed by atoms with Crippen molar-refractivity contribution in [3.63, 3.8) is 0 Å². The van der Waals surface area contributed by atoms with Gasteiger partial charge >= 0.3 is 5.97 Å². The number of aliphatic carboxylic acids is 1. The van der Waals surface area contributed by atoms with Gasteiger partial charge in [0.25, 0.3) is 5.89 Å². The summed E-state index contributed by atoms with van der Waals surface area (Å²) in [6, 6.07) is 20.9. The van der Waals surface area contributed by atoms with Gasteiger partial charge in [-0.05, 0) is 23.8 Å². The highest BCUT2D eigenvalue weighted by molar-refractivity contribution is 5.85. The second-order valence-corrected chi connectivity index (χ2v) is 7.29. The highest BCUT2D eigenvalue weighted by Gasteiger charge is 2.15. The maximum absolute atomic E-state index is 14.2. The third-order valence-corrected chi connectivity index (χ3v) is 5.03. The zero-order chi connectivity index (χ0) is 23.2. The fraction of sp³-hybridized carbons (Fsp3) is 0.120. The molecule has 0 radical (unpaired) electrons. The van der Waals surface area contributed by atoms with Crippen LogP contribution in [0.3, 0.4) is 0 Å². The maximum atomic E-state index is 14.2. The van der Waals surface area contributed by atoms with Crippen LogP contribution >= 0.6 is 12.4 Å². The average molecular weight is 479 g/mol. The monoisotopic (exact) mass is 478 g/mol. The lowest BCUT2D eigenvalue weighted by molar-refractivity contribution is -0.136. The predicted octanol–water partition coefficient (Wildman–Crippen LogP) is 5.07. The lowest BCUT2D eigenvalue weighted by Gasteiger charge is -2.06. The molecule has 34 heavy (non-hydrogen) atoms. The molecule has 0 unspecified atom stereocenters. The number of nitriles is 1. The number of aromatic nitrogens is 2. The standard InChI is InChI=1S/C25H19FN4O3.ClH/c26-22-4-2-1-3-21(22)20-10-9-18(13-19(20)14-27)25-29-24(30-33-25)17-7-5-16(6-8-17)15-28-12-11-23(31)32;/h1-10,13,28H,11-12,15H2,(H,31,32);1H. The molecule has 0 aliphatic rings. The van der Waals surface area contributed by atoms with Crippen LogP contribution in [0.2, 0.25) is 0 Å². The summed E-state index contributed by atoms with van der Waals surface area (Å²) in [5.41, 5.74) is 3.45. The number of hydrogen-bond acceptors (Lipinski definition) is 6. The van der Waals surface area contributed by atoms with Gasteiger partial charge in [-0.1, -0.05) is 53.7 Å².